The number of unbranched alkanes of at least 4 members (excludes halogenated alkanes) is 12. The molecule has 0 amide bonds. The number of rotatable bonds is 18. The van der Waals surface area contributed by atoms with Crippen molar-refractivity contribution in [3.8, 4) is 0 Å². The average molecular weight is 355 g/mol. The first-order chi connectivity index (χ1) is 12.0. The van der Waals surface area contributed by atoms with E-state index in [0.717, 1.165) is 13.0 Å². The van der Waals surface area contributed by atoms with Crippen molar-refractivity contribution in [3.05, 3.63) is 12.2 Å². The fourth-order valence-corrected chi connectivity index (χ4v) is 3.23. The van der Waals surface area contributed by atoms with E-state index in [0.29, 0.717) is 4.48 Å². The minimum atomic E-state index is -0.699. The topological polar surface area (TPSA) is 37.3 Å². The van der Waals surface area contributed by atoms with E-state index in [2.05, 4.69) is 19.1 Å². The van der Waals surface area contributed by atoms with Crippen molar-refractivity contribution in [2.24, 2.45) is 0 Å². The number of allylic oxidation sites excluding steroid dienone is 2. The lowest BCUT2D eigenvalue weighted by atomic mass is 10.1. The van der Waals surface area contributed by atoms with Crippen molar-refractivity contribution >= 4 is 5.97 Å². The van der Waals surface area contributed by atoms with Crippen LogP contribution in [-0.4, -0.2) is 42.7 Å². The van der Waals surface area contributed by atoms with E-state index in [9.17, 15) is 4.79 Å². The summed E-state index contributed by atoms with van der Waals surface area (Å²) in [6.07, 6.45) is 23.2. The molecule has 0 aromatic heterocycles. The van der Waals surface area contributed by atoms with Crippen LogP contribution in [0.15, 0.2) is 12.2 Å². The molecule has 0 aliphatic carbocycles. The van der Waals surface area contributed by atoms with Gasteiger partial charge in [0.15, 0.2) is 6.54 Å². The zero-order chi connectivity index (χ0) is 18.8. The van der Waals surface area contributed by atoms with Gasteiger partial charge in [0, 0.05) is 0 Å². The molecule has 0 rings (SSSR count). The fourth-order valence-electron chi connectivity index (χ4n) is 3.23. The third kappa shape index (κ3) is 19.3. The molecule has 0 fully saturated rings. The second-order valence-corrected chi connectivity index (χ2v) is 8.15. The summed E-state index contributed by atoms with van der Waals surface area (Å²) >= 11 is 0. The molecule has 0 radical (unpaired) electrons. The van der Waals surface area contributed by atoms with E-state index in [-0.39, 0.29) is 6.54 Å². The van der Waals surface area contributed by atoms with Gasteiger partial charge in [-0.1, -0.05) is 70.4 Å². The van der Waals surface area contributed by atoms with E-state index in [4.69, 9.17) is 5.11 Å². The maximum Gasteiger partial charge on any atom is 0.359 e. The second kappa shape index (κ2) is 16.6. The summed E-state index contributed by atoms with van der Waals surface area (Å²) < 4.78 is 0.596. The van der Waals surface area contributed by atoms with Crippen molar-refractivity contribution in [1.29, 1.82) is 0 Å². The molecule has 3 heteroatoms. The van der Waals surface area contributed by atoms with Gasteiger partial charge in [-0.2, -0.15) is 0 Å². The summed E-state index contributed by atoms with van der Waals surface area (Å²) in [6, 6.07) is 0. The lowest BCUT2D eigenvalue weighted by Crippen LogP contribution is -2.44. The first-order valence-corrected chi connectivity index (χ1v) is 10.7. The van der Waals surface area contributed by atoms with Crippen molar-refractivity contribution < 1.29 is 14.4 Å². The molecular formula is C22H44NO2+. The molecule has 148 valence electrons. The van der Waals surface area contributed by atoms with Gasteiger partial charge in [0.25, 0.3) is 0 Å². The van der Waals surface area contributed by atoms with Crippen LogP contribution in [0.25, 0.3) is 0 Å². The smallest absolute Gasteiger partial charge is 0.359 e. The monoisotopic (exact) mass is 354 g/mol. The number of carboxylic acids is 1. The zero-order valence-electron chi connectivity index (χ0n) is 17.3. The third-order valence-electron chi connectivity index (χ3n) is 4.84. The summed E-state index contributed by atoms with van der Waals surface area (Å²) in [6.45, 7) is 3.46. The van der Waals surface area contributed by atoms with Crippen LogP contribution in [0.4, 0.5) is 0 Å². The Morgan fingerprint density at radius 1 is 0.760 bits per heavy atom. The number of likely N-dealkylation sites (N-methyl/N-ethyl adjacent to an activating group) is 1. The van der Waals surface area contributed by atoms with Crippen LogP contribution in [0.1, 0.15) is 96.8 Å². The molecule has 0 aromatic carbocycles. The van der Waals surface area contributed by atoms with E-state index in [1.807, 2.05) is 14.1 Å². The highest BCUT2D eigenvalue weighted by atomic mass is 16.4. The molecule has 1 N–H and O–H groups in total. The molecule has 0 aliphatic rings. The van der Waals surface area contributed by atoms with Crippen LogP contribution in [0.5, 0.6) is 0 Å². The van der Waals surface area contributed by atoms with Gasteiger partial charge in [0.1, 0.15) is 0 Å². The summed E-state index contributed by atoms with van der Waals surface area (Å²) in [5.41, 5.74) is 0. The minimum absolute atomic E-state index is 0.227. The van der Waals surface area contributed by atoms with Gasteiger partial charge in [-0.3, -0.25) is 0 Å². The van der Waals surface area contributed by atoms with Crippen LogP contribution >= 0.6 is 0 Å². The highest BCUT2D eigenvalue weighted by Crippen LogP contribution is 2.11. The molecule has 0 unspecified atom stereocenters. The van der Waals surface area contributed by atoms with Crippen molar-refractivity contribution in [3.63, 3.8) is 0 Å². The van der Waals surface area contributed by atoms with E-state index in [1.165, 1.54) is 83.5 Å². The SMILES string of the molecule is CCCCCCCCC=CCCCCCCCC[N+](C)(C)CC(=O)O. The molecule has 0 aromatic rings. The predicted octanol–water partition coefficient (Wildman–Crippen LogP) is 6.18. The van der Waals surface area contributed by atoms with E-state index < -0.39 is 5.97 Å². The highest BCUT2D eigenvalue weighted by molar-refractivity contribution is 5.67. The lowest BCUT2D eigenvalue weighted by Gasteiger charge is -2.27. The third-order valence-corrected chi connectivity index (χ3v) is 4.84. The number of hydrogen-bond acceptors (Lipinski definition) is 1. The van der Waals surface area contributed by atoms with Crippen molar-refractivity contribution in [1.82, 2.24) is 0 Å². The quantitative estimate of drug-likeness (QED) is 0.181. The van der Waals surface area contributed by atoms with Gasteiger partial charge < -0.3 is 9.59 Å². The van der Waals surface area contributed by atoms with E-state index >= 15 is 0 Å². The first kappa shape index (κ1) is 24.2. The molecule has 0 heterocycles. The van der Waals surface area contributed by atoms with Crippen LogP contribution in [0.2, 0.25) is 0 Å². The normalized spacial score (nSPS) is 12.1. The Hall–Kier alpha value is -0.830. The van der Waals surface area contributed by atoms with Crippen molar-refractivity contribution in [2.75, 3.05) is 27.2 Å². The zero-order valence-corrected chi connectivity index (χ0v) is 17.3. The van der Waals surface area contributed by atoms with Gasteiger partial charge in [0.2, 0.25) is 0 Å². The fraction of sp³-hybridized carbons (Fsp3) is 0.864. The molecule has 0 saturated carbocycles. The van der Waals surface area contributed by atoms with E-state index in [1.54, 1.807) is 0 Å². The predicted molar refractivity (Wildman–Crippen MR) is 109 cm³/mol. The minimum Gasteiger partial charge on any atom is -0.477 e. The molecule has 0 bridgehead atoms. The van der Waals surface area contributed by atoms with Gasteiger partial charge >= 0.3 is 5.97 Å². The number of hydrogen-bond donors (Lipinski definition) is 1. The second-order valence-electron chi connectivity index (χ2n) is 8.15. The summed E-state index contributed by atoms with van der Waals surface area (Å²) in [5.74, 6) is -0.699. The largest absolute Gasteiger partial charge is 0.477 e. The Labute approximate surface area is 157 Å². The van der Waals surface area contributed by atoms with Crippen molar-refractivity contribution in [2.45, 2.75) is 96.8 Å². The van der Waals surface area contributed by atoms with Gasteiger partial charge in [0.05, 0.1) is 20.6 Å². The van der Waals surface area contributed by atoms with Crippen LogP contribution < -0.4 is 0 Å². The molecule has 3 nitrogen and oxygen atoms in total. The maximum absolute atomic E-state index is 10.8. The highest BCUT2D eigenvalue weighted by Gasteiger charge is 2.18. The lowest BCUT2D eigenvalue weighted by molar-refractivity contribution is -0.883. The van der Waals surface area contributed by atoms with Gasteiger partial charge in [-0.15, -0.1) is 0 Å². The number of nitrogens with zero attached hydrogens (tertiary/aromatic N) is 1. The summed E-state index contributed by atoms with van der Waals surface area (Å²) in [5, 5.41) is 8.86. The van der Waals surface area contributed by atoms with Crippen LogP contribution in [0, 0.1) is 0 Å². The molecule has 0 atom stereocenters. The summed E-state index contributed by atoms with van der Waals surface area (Å²) in [4.78, 5) is 10.8. The number of carboxylic acid groups (broad SMARTS) is 1. The Morgan fingerprint density at radius 3 is 1.68 bits per heavy atom. The number of carbonyl (C=O) groups is 1. The maximum atomic E-state index is 10.8. The van der Waals surface area contributed by atoms with Crippen LogP contribution in [0.3, 0.4) is 0 Å². The summed E-state index contributed by atoms with van der Waals surface area (Å²) in [7, 11) is 4.01. The molecule has 25 heavy (non-hydrogen) atoms. The molecule has 0 saturated heterocycles. The molecule has 0 spiro atoms. The van der Waals surface area contributed by atoms with Gasteiger partial charge in [-0.25, -0.2) is 4.79 Å². The molecular weight excluding hydrogens is 310 g/mol. The number of quaternary nitrogens is 1. The Morgan fingerprint density at radius 2 is 1.20 bits per heavy atom. The standard InChI is InChI=1S/C22H43NO2/c1-4-5-6-7-8-9-10-11-12-13-14-15-16-17-18-19-20-23(2,3)21-22(24)25/h11-12H,4-10,13-21H2,1-3H3/p+1. The average Bonchev–Trinajstić information content (AvgIpc) is 2.53. The Bertz CT molecular complexity index is 337. The van der Waals surface area contributed by atoms with Crippen LogP contribution in [-0.2, 0) is 4.79 Å². The Kier molecular flexibility index (Phi) is 16.1. The number of aliphatic carboxylic acids is 1. The molecule has 0 aliphatic heterocycles. The first-order valence-electron chi connectivity index (χ1n) is 10.7. The Balaban J connectivity index is 3.28. The van der Waals surface area contributed by atoms with Gasteiger partial charge in [-0.05, 0) is 38.5 Å².